The summed E-state index contributed by atoms with van der Waals surface area (Å²) >= 11 is 4.13. The van der Waals surface area contributed by atoms with Gasteiger partial charge in [0.05, 0.1) is 11.5 Å². The Labute approximate surface area is 91.5 Å². The van der Waals surface area contributed by atoms with Crippen LogP contribution in [0.4, 0.5) is 0 Å². The SMILES string of the molecule is C=C(CS)CN1CCCS(=O)(=O)CC1. The van der Waals surface area contributed by atoms with Crippen molar-refractivity contribution in [3.05, 3.63) is 12.2 Å². The summed E-state index contributed by atoms with van der Waals surface area (Å²) in [6.07, 6.45) is 0.738. The summed E-state index contributed by atoms with van der Waals surface area (Å²) in [4.78, 5) is 2.14. The molecule has 1 aliphatic rings. The summed E-state index contributed by atoms with van der Waals surface area (Å²) in [6.45, 7) is 6.13. The molecule has 1 saturated heterocycles. The lowest BCUT2D eigenvalue weighted by Crippen LogP contribution is -2.29. The van der Waals surface area contributed by atoms with Crippen LogP contribution in [0.5, 0.6) is 0 Å². The zero-order chi connectivity index (χ0) is 10.6. The van der Waals surface area contributed by atoms with Gasteiger partial charge in [-0.05, 0) is 13.0 Å². The maximum Gasteiger partial charge on any atom is 0.151 e. The van der Waals surface area contributed by atoms with Crippen LogP contribution in [0.2, 0.25) is 0 Å². The first kappa shape index (κ1) is 12.1. The van der Waals surface area contributed by atoms with Crippen LogP contribution in [0.15, 0.2) is 12.2 Å². The maximum atomic E-state index is 11.3. The molecule has 0 unspecified atom stereocenters. The lowest BCUT2D eigenvalue weighted by atomic mass is 10.3. The summed E-state index contributed by atoms with van der Waals surface area (Å²) < 4.78 is 22.6. The van der Waals surface area contributed by atoms with Gasteiger partial charge in [0.15, 0.2) is 9.84 Å². The fourth-order valence-corrected chi connectivity index (χ4v) is 2.92. The normalized spacial score (nSPS) is 22.9. The van der Waals surface area contributed by atoms with E-state index < -0.39 is 9.84 Å². The first-order valence-corrected chi connectivity index (χ1v) is 7.19. The molecule has 1 rings (SSSR count). The van der Waals surface area contributed by atoms with Gasteiger partial charge >= 0.3 is 0 Å². The smallest absolute Gasteiger partial charge is 0.151 e. The van der Waals surface area contributed by atoms with E-state index in [2.05, 4.69) is 24.1 Å². The molecule has 0 aromatic carbocycles. The second-order valence-electron chi connectivity index (χ2n) is 3.69. The minimum absolute atomic E-state index is 0.285. The highest BCUT2D eigenvalue weighted by molar-refractivity contribution is 7.91. The van der Waals surface area contributed by atoms with E-state index in [0.29, 0.717) is 18.1 Å². The van der Waals surface area contributed by atoms with Crippen molar-refractivity contribution in [2.45, 2.75) is 6.42 Å². The Hall–Kier alpha value is -0.0000000000000000555. The van der Waals surface area contributed by atoms with Crippen LogP contribution < -0.4 is 0 Å². The van der Waals surface area contributed by atoms with E-state index in [1.807, 2.05) is 0 Å². The van der Waals surface area contributed by atoms with Crippen LogP contribution >= 0.6 is 12.6 Å². The van der Waals surface area contributed by atoms with Gasteiger partial charge in [0.25, 0.3) is 0 Å². The molecule has 82 valence electrons. The summed E-state index contributed by atoms with van der Waals surface area (Å²) in [5, 5.41) is 0. The molecule has 0 aromatic heterocycles. The van der Waals surface area contributed by atoms with Crippen molar-refractivity contribution < 1.29 is 8.42 Å². The first-order valence-electron chi connectivity index (χ1n) is 4.74. The van der Waals surface area contributed by atoms with Crippen molar-refractivity contribution in [1.82, 2.24) is 4.90 Å². The number of hydrogen-bond donors (Lipinski definition) is 1. The molecule has 0 spiro atoms. The predicted octanol–water partition coefficient (Wildman–Crippen LogP) is 0.593. The van der Waals surface area contributed by atoms with Gasteiger partial charge in [0, 0.05) is 18.8 Å². The van der Waals surface area contributed by atoms with Crippen molar-refractivity contribution in [2.24, 2.45) is 0 Å². The molecule has 0 aliphatic carbocycles. The zero-order valence-electron chi connectivity index (χ0n) is 8.28. The second kappa shape index (κ2) is 5.19. The van der Waals surface area contributed by atoms with Crippen LogP contribution in [0.1, 0.15) is 6.42 Å². The standard InChI is InChI=1S/C9H17NO2S2/c1-9(8-13)7-10-3-2-5-14(11,12)6-4-10/h13H,1-8H2. The average Bonchev–Trinajstić information content (AvgIpc) is 2.28. The minimum Gasteiger partial charge on any atom is -0.298 e. The molecule has 1 heterocycles. The Morgan fingerprint density at radius 2 is 2.07 bits per heavy atom. The molecule has 5 heteroatoms. The van der Waals surface area contributed by atoms with E-state index in [1.165, 1.54) is 0 Å². The lowest BCUT2D eigenvalue weighted by Gasteiger charge is -2.19. The Balaban J connectivity index is 2.46. The van der Waals surface area contributed by atoms with E-state index in [9.17, 15) is 8.42 Å². The summed E-state index contributed by atoms with van der Waals surface area (Å²) in [6, 6.07) is 0. The van der Waals surface area contributed by atoms with Gasteiger partial charge < -0.3 is 0 Å². The Kier molecular flexibility index (Phi) is 4.47. The Morgan fingerprint density at radius 3 is 2.71 bits per heavy atom. The molecule has 0 saturated carbocycles. The molecule has 0 aromatic rings. The van der Waals surface area contributed by atoms with E-state index in [4.69, 9.17) is 0 Å². The minimum atomic E-state index is -2.79. The number of hydrogen-bond acceptors (Lipinski definition) is 4. The summed E-state index contributed by atoms with van der Waals surface area (Å²) in [5.74, 6) is 1.28. The van der Waals surface area contributed by atoms with Crippen molar-refractivity contribution in [1.29, 1.82) is 0 Å². The average molecular weight is 235 g/mol. The number of nitrogens with zero attached hydrogens (tertiary/aromatic N) is 1. The monoisotopic (exact) mass is 235 g/mol. The van der Waals surface area contributed by atoms with Crippen molar-refractivity contribution in [2.75, 3.05) is 36.9 Å². The zero-order valence-corrected chi connectivity index (χ0v) is 9.99. The van der Waals surface area contributed by atoms with E-state index in [-0.39, 0.29) is 5.75 Å². The third-order valence-corrected chi connectivity index (χ3v) is 4.48. The van der Waals surface area contributed by atoms with Gasteiger partial charge in [0.1, 0.15) is 0 Å². The largest absolute Gasteiger partial charge is 0.298 e. The third kappa shape index (κ3) is 4.02. The second-order valence-corrected chi connectivity index (χ2v) is 6.31. The highest BCUT2D eigenvalue weighted by Crippen LogP contribution is 2.07. The van der Waals surface area contributed by atoms with Gasteiger partial charge in [-0.15, -0.1) is 0 Å². The van der Waals surface area contributed by atoms with Crippen molar-refractivity contribution in [3.8, 4) is 0 Å². The van der Waals surface area contributed by atoms with E-state index in [0.717, 1.165) is 25.1 Å². The molecule has 0 N–H and O–H groups in total. The van der Waals surface area contributed by atoms with Gasteiger partial charge in [0.2, 0.25) is 0 Å². The fraction of sp³-hybridized carbons (Fsp3) is 0.778. The molecular weight excluding hydrogens is 218 g/mol. The van der Waals surface area contributed by atoms with Gasteiger partial charge in [-0.1, -0.05) is 12.2 Å². The third-order valence-electron chi connectivity index (χ3n) is 2.32. The van der Waals surface area contributed by atoms with E-state index in [1.54, 1.807) is 0 Å². The van der Waals surface area contributed by atoms with Crippen LogP contribution in [-0.2, 0) is 9.84 Å². The summed E-state index contributed by atoms with van der Waals surface area (Å²) in [7, 11) is -2.79. The quantitative estimate of drug-likeness (QED) is 0.575. The molecule has 0 amide bonds. The number of sulfone groups is 1. The first-order chi connectivity index (χ1) is 6.53. The van der Waals surface area contributed by atoms with Gasteiger partial charge in [-0.2, -0.15) is 12.6 Å². The fourth-order valence-electron chi connectivity index (χ4n) is 1.51. The summed E-state index contributed by atoms with van der Waals surface area (Å²) in [5.41, 5.74) is 1.05. The highest BCUT2D eigenvalue weighted by Gasteiger charge is 2.18. The maximum absolute atomic E-state index is 11.3. The topological polar surface area (TPSA) is 37.4 Å². The van der Waals surface area contributed by atoms with Crippen LogP contribution in [0, 0.1) is 0 Å². The highest BCUT2D eigenvalue weighted by atomic mass is 32.2. The number of rotatable bonds is 3. The van der Waals surface area contributed by atoms with E-state index >= 15 is 0 Å². The molecule has 1 aliphatic heterocycles. The Morgan fingerprint density at radius 1 is 1.36 bits per heavy atom. The van der Waals surface area contributed by atoms with Crippen LogP contribution in [-0.4, -0.2) is 50.2 Å². The molecule has 0 atom stereocenters. The number of thiol groups is 1. The van der Waals surface area contributed by atoms with Crippen molar-refractivity contribution >= 4 is 22.5 Å². The molecule has 1 fully saturated rings. The molecule has 0 radical (unpaired) electrons. The molecule has 3 nitrogen and oxygen atoms in total. The van der Waals surface area contributed by atoms with Crippen molar-refractivity contribution in [3.63, 3.8) is 0 Å². The van der Waals surface area contributed by atoms with Crippen LogP contribution in [0.3, 0.4) is 0 Å². The van der Waals surface area contributed by atoms with Crippen LogP contribution in [0.25, 0.3) is 0 Å². The van der Waals surface area contributed by atoms with Gasteiger partial charge in [-0.25, -0.2) is 8.42 Å². The van der Waals surface area contributed by atoms with Gasteiger partial charge in [-0.3, -0.25) is 4.90 Å². The predicted molar refractivity (Wildman–Crippen MR) is 62.7 cm³/mol. The molecule has 0 bridgehead atoms. The lowest BCUT2D eigenvalue weighted by molar-refractivity contribution is 0.321. The molecule has 14 heavy (non-hydrogen) atoms. The molecular formula is C9H17NO2S2. The Bertz CT molecular complexity index is 298.